The molecule has 186 valence electrons. The van der Waals surface area contributed by atoms with Gasteiger partial charge in [-0.15, -0.1) is 11.8 Å². The Morgan fingerprint density at radius 1 is 1.12 bits per heavy atom. The molecule has 0 unspecified atom stereocenters. The lowest BCUT2D eigenvalue weighted by Crippen LogP contribution is -2.41. The maximum atomic E-state index is 14.7. The van der Waals surface area contributed by atoms with E-state index in [2.05, 4.69) is 0 Å². The van der Waals surface area contributed by atoms with Gasteiger partial charge in [0.1, 0.15) is 5.82 Å². The molecular weight excluding hydrogens is 515 g/mol. The van der Waals surface area contributed by atoms with Gasteiger partial charge in [-0.25, -0.2) is 9.18 Å². The summed E-state index contributed by atoms with van der Waals surface area (Å²) in [4.78, 5) is 24.2. The number of nitrogens with zero attached hydrogens (tertiary/aromatic N) is 1. The molecule has 0 aliphatic carbocycles. The number of alkyl halides is 6. The first-order valence-corrected chi connectivity index (χ1v) is 10.8. The van der Waals surface area contributed by atoms with Crippen LogP contribution in [0, 0.1) is 12.7 Å². The maximum Gasteiger partial charge on any atom is 0.471 e. The van der Waals surface area contributed by atoms with Crippen molar-refractivity contribution in [2.45, 2.75) is 37.6 Å². The number of carbonyl (C=O) groups excluding carboxylic acids is 2. The van der Waals surface area contributed by atoms with Crippen LogP contribution in [-0.2, 0) is 16.1 Å². The summed E-state index contributed by atoms with van der Waals surface area (Å²) < 4.78 is 97.6. The van der Waals surface area contributed by atoms with E-state index in [0.29, 0.717) is 17.7 Å². The summed E-state index contributed by atoms with van der Waals surface area (Å²) in [5, 5.41) is -0.474. The van der Waals surface area contributed by atoms with Crippen molar-refractivity contribution in [2.24, 2.45) is 0 Å². The summed E-state index contributed by atoms with van der Waals surface area (Å²) in [6, 6.07) is 5.31. The van der Waals surface area contributed by atoms with Crippen LogP contribution in [0.4, 0.5) is 36.4 Å². The van der Waals surface area contributed by atoms with E-state index >= 15 is 0 Å². The van der Waals surface area contributed by atoms with Crippen molar-refractivity contribution in [3.05, 3.63) is 57.9 Å². The minimum absolute atomic E-state index is 0.000803. The molecule has 0 atom stereocenters. The molecule has 34 heavy (non-hydrogen) atoms. The number of carbonyl (C=O) groups is 2. The third-order valence-electron chi connectivity index (χ3n) is 4.34. The molecule has 13 heteroatoms. The van der Waals surface area contributed by atoms with Crippen LogP contribution in [0.2, 0.25) is 5.02 Å². The van der Waals surface area contributed by atoms with Crippen LogP contribution in [0.3, 0.4) is 0 Å². The maximum absolute atomic E-state index is 14.7. The predicted octanol–water partition coefficient (Wildman–Crippen LogP) is 6.71. The number of ether oxygens (including phenoxy) is 1. The quantitative estimate of drug-likeness (QED) is 0.226. The number of hydrogen-bond acceptors (Lipinski definition) is 4. The summed E-state index contributed by atoms with van der Waals surface area (Å²) in [7, 11) is 0. The molecule has 0 N–H and O–H groups in total. The number of anilines is 1. The highest BCUT2D eigenvalue weighted by Gasteiger charge is 2.44. The molecule has 2 aromatic rings. The Hall–Kier alpha value is -2.47. The van der Waals surface area contributed by atoms with Gasteiger partial charge in [0, 0.05) is 4.90 Å². The Kier molecular flexibility index (Phi) is 8.86. The molecule has 4 nitrogen and oxygen atoms in total. The number of rotatable bonds is 7. The monoisotopic (exact) mass is 531 g/mol. The van der Waals surface area contributed by atoms with E-state index < -0.39 is 53.1 Å². The number of benzene rings is 2. The lowest BCUT2D eigenvalue weighted by molar-refractivity contribution is -0.170. The highest BCUT2D eigenvalue weighted by Crippen LogP contribution is 2.38. The topological polar surface area (TPSA) is 46.6 Å². The third kappa shape index (κ3) is 7.02. The van der Waals surface area contributed by atoms with Crippen LogP contribution < -0.4 is 4.90 Å². The van der Waals surface area contributed by atoms with Crippen LogP contribution in [0.1, 0.15) is 28.4 Å². The number of amides is 1. The molecule has 0 saturated carbocycles. The molecule has 0 spiro atoms. The van der Waals surface area contributed by atoms with Crippen molar-refractivity contribution in [1.82, 2.24) is 0 Å². The average molecular weight is 532 g/mol. The molecule has 0 saturated heterocycles. The van der Waals surface area contributed by atoms with Gasteiger partial charge >= 0.3 is 24.2 Å². The van der Waals surface area contributed by atoms with Gasteiger partial charge in [0.2, 0.25) is 0 Å². The number of thioether (sulfide) groups is 1. The highest BCUT2D eigenvalue weighted by atomic mass is 35.5. The predicted molar refractivity (Wildman–Crippen MR) is 113 cm³/mol. The van der Waals surface area contributed by atoms with Crippen LogP contribution in [0.15, 0.2) is 35.2 Å². The van der Waals surface area contributed by atoms with E-state index in [1.165, 1.54) is 32.0 Å². The third-order valence-corrected chi connectivity index (χ3v) is 5.88. The number of halogens is 8. The Morgan fingerprint density at radius 2 is 1.76 bits per heavy atom. The summed E-state index contributed by atoms with van der Waals surface area (Å²) in [6.07, 6.45) is -10.1. The number of esters is 1. The normalized spacial score (nSPS) is 11.9. The number of hydrogen-bond donors (Lipinski definition) is 0. The molecule has 0 aromatic heterocycles. The molecule has 0 fully saturated rings. The van der Waals surface area contributed by atoms with Gasteiger partial charge in [0.15, 0.2) is 0 Å². The Morgan fingerprint density at radius 3 is 2.32 bits per heavy atom. The molecule has 0 heterocycles. The summed E-state index contributed by atoms with van der Waals surface area (Å²) in [5.74, 6) is -6.18. The van der Waals surface area contributed by atoms with Gasteiger partial charge in [-0.05, 0) is 37.1 Å². The van der Waals surface area contributed by atoms with Gasteiger partial charge in [0.25, 0.3) is 0 Å². The Labute approximate surface area is 199 Å². The second kappa shape index (κ2) is 10.9. The lowest BCUT2D eigenvalue weighted by Gasteiger charge is -2.26. The first-order chi connectivity index (χ1) is 15.7. The Bertz CT molecular complexity index is 1070. The van der Waals surface area contributed by atoms with Crippen LogP contribution in [-0.4, -0.2) is 36.6 Å². The Balaban J connectivity index is 2.62. The second-order valence-electron chi connectivity index (χ2n) is 6.86. The molecular formula is C21H17ClF7NO3S. The minimum Gasteiger partial charge on any atom is -0.462 e. The molecule has 0 aliphatic rings. The van der Waals surface area contributed by atoms with Crippen molar-refractivity contribution < 1.29 is 45.1 Å². The fraction of sp³-hybridized carbons (Fsp3) is 0.333. The highest BCUT2D eigenvalue weighted by molar-refractivity contribution is 7.99. The van der Waals surface area contributed by atoms with Crippen molar-refractivity contribution in [1.29, 1.82) is 0 Å². The second-order valence-corrected chi connectivity index (χ2v) is 8.28. The largest absolute Gasteiger partial charge is 0.471 e. The van der Waals surface area contributed by atoms with Gasteiger partial charge in [0.05, 0.1) is 35.2 Å². The summed E-state index contributed by atoms with van der Waals surface area (Å²) >= 11 is 5.89. The van der Waals surface area contributed by atoms with Gasteiger partial charge in [-0.2, -0.15) is 26.3 Å². The number of aryl methyl sites for hydroxylation is 1. The van der Waals surface area contributed by atoms with Gasteiger partial charge in [-0.3, -0.25) is 9.69 Å². The van der Waals surface area contributed by atoms with Crippen LogP contribution in [0.5, 0.6) is 0 Å². The first-order valence-electron chi connectivity index (χ1n) is 9.48. The molecule has 0 radical (unpaired) electrons. The van der Waals surface area contributed by atoms with E-state index in [1.54, 1.807) is 0 Å². The zero-order chi connectivity index (χ0) is 25.8. The van der Waals surface area contributed by atoms with Crippen molar-refractivity contribution in [2.75, 3.05) is 17.3 Å². The van der Waals surface area contributed by atoms with E-state index in [4.69, 9.17) is 16.3 Å². The van der Waals surface area contributed by atoms with Crippen molar-refractivity contribution in [3.8, 4) is 0 Å². The zero-order valence-corrected chi connectivity index (χ0v) is 19.2. The molecule has 0 aliphatic heterocycles. The van der Waals surface area contributed by atoms with E-state index in [-0.39, 0.29) is 39.3 Å². The van der Waals surface area contributed by atoms with Gasteiger partial charge < -0.3 is 4.74 Å². The molecule has 0 bridgehead atoms. The van der Waals surface area contributed by atoms with Crippen LogP contribution in [0.25, 0.3) is 0 Å². The summed E-state index contributed by atoms with van der Waals surface area (Å²) in [6.45, 7) is 2.04. The smallest absolute Gasteiger partial charge is 0.462 e. The van der Waals surface area contributed by atoms with E-state index in [9.17, 15) is 40.3 Å². The standard InChI is InChI=1S/C21H17ClF7NO3S/c1-3-33-18(31)17-11(2)5-4-6-12(17)9-30(19(32)21(27,28)29)15-8-16(13(22)7-14(15)23)34-10-20(24,25)26/h4-8H,3,9-10H2,1-2H3. The fourth-order valence-corrected chi connectivity index (χ4v) is 3.97. The fourth-order valence-electron chi connectivity index (χ4n) is 2.94. The average Bonchev–Trinajstić information content (AvgIpc) is 2.70. The van der Waals surface area contributed by atoms with Crippen LogP contribution >= 0.6 is 23.4 Å². The molecule has 1 amide bonds. The van der Waals surface area contributed by atoms with E-state index in [1.807, 2.05) is 0 Å². The lowest BCUT2D eigenvalue weighted by atomic mass is 10.0. The minimum atomic E-state index is -5.46. The van der Waals surface area contributed by atoms with Crippen molar-refractivity contribution >= 4 is 40.9 Å². The summed E-state index contributed by atoms with van der Waals surface area (Å²) in [5.41, 5.74) is -0.832. The zero-order valence-electron chi connectivity index (χ0n) is 17.6. The molecule has 2 rings (SSSR count). The SMILES string of the molecule is CCOC(=O)c1c(C)cccc1CN(C(=O)C(F)(F)F)c1cc(SCC(F)(F)F)c(Cl)cc1F. The van der Waals surface area contributed by atoms with E-state index in [0.717, 1.165) is 0 Å². The van der Waals surface area contributed by atoms with Gasteiger partial charge in [-0.1, -0.05) is 29.8 Å². The first kappa shape index (κ1) is 27.8. The molecule has 2 aromatic carbocycles. The van der Waals surface area contributed by atoms with Crippen molar-refractivity contribution in [3.63, 3.8) is 0 Å².